The third-order valence-electron chi connectivity index (χ3n) is 5.17. The van der Waals surface area contributed by atoms with Crippen LogP contribution in [0.2, 0.25) is 0 Å². The molecule has 1 atom stereocenters. The number of ether oxygens (including phenoxy) is 4. The van der Waals surface area contributed by atoms with E-state index in [1.54, 1.807) is 30.2 Å². The highest BCUT2D eigenvalue weighted by Crippen LogP contribution is 2.31. The first kappa shape index (κ1) is 19.9. The van der Waals surface area contributed by atoms with E-state index in [1.165, 1.54) is 0 Å². The number of hydrogen-bond acceptors (Lipinski definition) is 7. The van der Waals surface area contributed by atoms with E-state index < -0.39 is 12.1 Å². The number of anilines is 1. The lowest BCUT2D eigenvalue weighted by Gasteiger charge is -2.36. The molecule has 1 saturated heterocycles. The molecule has 1 amide bonds. The Labute approximate surface area is 174 Å². The highest BCUT2D eigenvalue weighted by atomic mass is 16.6. The quantitative estimate of drug-likeness (QED) is 0.692. The van der Waals surface area contributed by atoms with Crippen LogP contribution >= 0.6 is 0 Å². The van der Waals surface area contributed by atoms with Crippen molar-refractivity contribution in [1.29, 1.82) is 0 Å². The summed E-state index contributed by atoms with van der Waals surface area (Å²) in [5.41, 5.74) is 1.01. The SMILES string of the molecule is COc1ccccc1N1CCN(C(=O)COC(=O)[C@H]2COc3ccccc3O2)CC1. The highest BCUT2D eigenvalue weighted by molar-refractivity contribution is 5.82. The summed E-state index contributed by atoms with van der Waals surface area (Å²) in [7, 11) is 1.65. The standard InChI is InChI=1S/C22H24N2O6/c1-27-17-7-3-2-6-16(17)23-10-12-24(13-11-23)21(25)15-29-22(26)20-14-28-18-8-4-5-9-19(18)30-20/h2-9,20H,10-15H2,1H3/t20-/m1/s1. The van der Waals surface area contributed by atoms with Gasteiger partial charge in [-0.25, -0.2) is 4.79 Å². The van der Waals surface area contributed by atoms with Gasteiger partial charge in [-0.1, -0.05) is 24.3 Å². The topological polar surface area (TPSA) is 77.5 Å². The molecular weight excluding hydrogens is 388 g/mol. The molecule has 0 bridgehead atoms. The first-order valence-corrected chi connectivity index (χ1v) is 9.86. The monoisotopic (exact) mass is 412 g/mol. The average Bonchev–Trinajstić information content (AvgIpc) is 2.82. The third kappa shape index (κ3) is 4.27. The zero-order valence-electron chi connectivity index (χ0n) is 16.8. The Morgan fingerprint density at radius 3 is 2.47 bits per heavy atom. The smallest absolute Gasteiger partial charge is 0.351 e. The third-order valence-corrected chi connectivity index (χ3v) is 5.17. The fourth-order valence-corrected chi connectivity index (χ4v) is 3.54. The minimum absolute atomic E-state index is 0.0572. The number of carbonyl (C=O) groups excluding carboxylic acids is 2. The number of para-hydroxylation sites is 4. The minimum atomic E-state index is -0.880. The van der Waals surface area contributed by atoms with Gasteiger partial charge in [-0.2, -0.15) is 0 Å². The zero-order chi connectivity index (χ0) is 20.9. The van der Waals surface area contributed by atoms with Crippen molar-refractivity contribution in [2.75, 3.05) is 51.4 Å². The largest absolute Gasteiger partial charge is 0.495 e. The molecule has 2 aromatic rings. The molecule has 2 aromatic carbocycles. The number of nitrogens with zero attached hydrogens (tertiary/aromatic N) is 2. The van der Waals surface area contributed by atoms with Crippen LogP contribution in [-0.4, -0.2) is 69.4 Å². The van der Waals surface area contributed by atoms with Crippen LogP contribution in [0.1, 0.15) is 0 Å². The zero-order valence-corrected chi connectivity index (χ0v) is 16.8. The lowest BCUT2D eigenvalue weighted by atomic mass is 10.2. The number of esters is 1. The molecule has 4 rings (SSSR count). The Morgan fingerprint density at radius 2 is 1.70 bits per heavy atom. The van der Waals surface area contributed by atoms with Crippen LogP contribution in [0, 0.1) is 0 Å². The minimum Gasteiger partial charge on any atom is -0.495 e. The van der Waals surface area contributed by atoms with Crippen molar-refractivity contribution in [2.45, 2.75) is 6.10 Å². The maximum Gasteiger partial charge on any atom is 0.351 e. The van der Waals surface area contributed by atoms with E-state index in [1.807, 2.05) is 30.3 Å². The van der Waals surface area contributed by atoms with Gasteiger partial charge in [-0.15, -0.1) is 0 Å². The fourth-order valence-electron chi connectivity index (χ4n) is 3.54. The van der Waals surface area contributed by atoms with Gasteiger partial charge in [0.05, 0.1) is 12.8 Å². The number of rotatable bonds is 5. The van der Waals surface area contributed by atoms with Gasteiger partial charge < -0.3 is 28.7 Å². The first-order chi connectivity index (χ1) is 14.7. The Bertz CT molecular complexity index is 910. The molecule has 8 heteroatoms. The molecule has 0 spiro atoms. The van der Waals surface area contributed by atoms with Crippen molar-refractivity contribution in [3.05, 3.63) is 48.5 Å². The number of hydrogen-bond donors (Lipinski definition) is 0. The van der Waals surface area contributed by atoms with Crippen LogP contribution < -0.4 is 19.1 Å². The number of carbonyl (C=O) groups is 2. The summed E-state index contributed by atoms with van der Waals surface area (Å²) in [5, 5.41) is 0. The van der Waals surface area contributed by atoms with Gasteiger partial charge in [0.2, 0.25) is 6.10 Å². The summed E-state index contributed by atoms with van der Waals surface area (Å²) in [6, 6.07) is 14.9. The van der Waals surface area contributed by atoms with Gasteiger partial charge in [0.25, 0.3) is 5.91 Å². The van der Waals surface area contributed by atoms with Gasteiger partial charge in [0.1, 0.15) is 12.4 Å². The second kappa shape index (κ2) is 8.94. The van der Waals surface area contributed by atoms with Crippen LogP contribution in [0.15, 0.2) is 48.5 Å². The summed E-state index contributed by atoms with van der Waals surface area (Å²) < 4.78 is 21.7. The van der Waals surface area contributed by atoms with Crippen LogP contribution in [0.4, 0.5) is 5.69 Å². The molecule has 0 N–H and O–H groups in total. The maximum absolute atomic E-state index is 12.5. The average molecular weight is 412 g/mol. The molecule has 0 unspecified atom stereocenters. The molecule has 158 valence electrons. The van der Waals surface area contributed by atoms with E-state index in [9.17, 15) is 9.59 Å². The predicted molar refractivity (Wildman–Crippen MR) is 109 cm³/mol. The summed E-state index contributed by atoms with van der Waals surface area (Å²) in [6.45, 7) is 2.19. The maximum atomic E-state index is 12.5. The summed E-state index contributed by atoms with van der Waals surface area (Å²) >= 11 is 0. The molecule has 0 aromatic heterocycles. The van der Waals surface area contributed by atoms with Gasteiger partial charge in [-0.05, 0) is 24.3 Å². The van der Waals surface area contributed by atoms with Crippen molar-refractivity contribution in [3.63, 3.8) is 0 Å². The molecule has 2 heterocycles. The lowest BCUT2D eigenvalue weighted by Crippen LogP contribution is -2.50. The van der Waals surface area contributed by atoms with Crippen molar-refractivity contribution < 1.29 is 28.5 Å². The molecule has 8 nitrogen and oxygen atoms in total. The van der Waals surface area contributed by atoms with Gasteiger partial charge in [0, 0.05) is 26.2 Å². The van der Waals surface area contributed by atoms with Crippen LogP contribution in [0.25, 0.3) is 0 Å². The second-order valence-corrected chi connectivity index (χ2v) is 7.01. The molecule has 0 aliphatic carbocycles. The first-order valence-electron chi connectivity index (χ1n) is 9.86. The number of fused-ring (bicyclic) bond motifs is 1. The van der Waals surface area contributed by atoms with E-state index in [0.29, 0.717) is 37.7 Å². The fraction of sp³-hybridized carbons (Fsp3) is 0.364. The highest BCUT2D eigenvalue weighted by Gasteiger charge is 2.30. The summed E-state index contributed by atoms with van der Waals surface area (Å²) in [4.78, 5) is 28.6. The number of methoxy groups -OCH3 is 1. The van der Waals surface area contributed by atoms with E-state index in [4.69, 9.17) is 18.9 Å². The Hall–Kier alpha value is -3.42. The Kier molecular flexibility index (Phi) is 5.92. The molecular formula is C22H24N2O6. The normalized spacial score (nSPS) is 18.0. The van der Waals surface area contributed by atoms with Crippen molar-refractivity contribution >= 4 is 17.6 Å². The van der Waals surface area contributed by atoms with Crippen LogP contribution in [0.5, 0.6) is 17.2 Å². The molecule has 1 fully saturated rings. The number of amides is 1. The van der Waals surface area contributed by atoms with Crippen molar-refractivity contribution in [3.8, 4) is 17.2 Å². The van der Waals surface area contributed by atoms with E-state index >= 15 is 0 Å². The van der Waals surface area contributed by atoms with E-state index in [-0.39, 0.29) is 19.1 Å². The molecule has 2 aliphatic rings. The second-order valence-electron chi connectivity index (χ2n) is 7.01. The molecule has 30 heavy (non-hydrogen) atoms. The Morgan fingerprint density at radius 1 is 1.00 bits per heavy atom. The predicted octanol–water partition coefficient (Wildman–Crippen LogP) is 1.73. The van der Waals surface area contributed by atoms with Crippen LogP contribution in [-0.2, 0) is 14.3 Å². The van der Waals surface area contributed by atoms with Crippen molar-refractivity contribution in [2.24, 2.45) is 0 Å². The van der Waals surface area contributed by atoms with E-state index in [2.05, 4.69) is 4.90 Å². The summed E-state index contributed by atoms with van der Waals surface area (Å²) in [6.07, 6.45) is -0.880. The molecule has 2 aliphatic heterocycles. The Balaban J connectivity index is 1.25. The lowest BCUT2D eigenvalue weighted by molar-refractivity contribution is -0.160. The van der Waals surface area contributed by atoms with Gasteiger partial charge in [0.15, 0.2) is 18.1 Å². The summed E-state index contributed by atoms with van der Waals surface area (Å²) in [5.74, 6) is 1.06. The molecule has 0 saturated carbocycles. The number of piperazine rings is 1. The van der Waals surface area contributed by atoms with Gasteiger partial charge in [-0.3, -0.25) is 4.79 Å². The van der Waals surface area contributed by atoms with Crippen LogP contribution in [0.3, 0.4) is 0 Å². The molecule has 0 radical (unpaired) electrons. The van der Waals surface area contributed by atoms with E-state index in [0.717, 1.165) is 11.4 Å². The van der Waals surface area contributed by atoms with Crippen molar-refractivity contribution in [1.82, 2.24) is 4.90 Å². The van der Waals surface area contributed by atoms with Gasteiger partial charge >= 0.3 is 5.97 Å². The number of benzene rings is 2.